The Hall–Kier alpha value is -5.74. The van der Waals surface area contributed by atoms with Gasteiger partial charge < -0.3 is 24.8 Å². The molecule has 1 fully saturated rings. The molecule has 2 aromatic heterocycles. The molecule has 2 N–H and O–H groups in total. The third kappa shape index (κ3) is 12.0. The summed E-state index contributed by atoms with van der Waals surface area (Å²) < 4.78 is 59.3. The van der Waals surface area contributed by atoms with Crippen LogP contribution in [0.1, 0.15) is 119 Å². The molecule has 4 heterocycles. The van der Waals surface area contributed by atoms with Gasteiger partial charge >= 0.3 is 0 Å². The van der Waals surface area contributed by atoms with E-state index < -0.39 is 46.8 Å². The van der Waals surface area contributed by atoms with Crippen molar-refractivity contribution in [1.82, 2.24) is 25.1 Å². The number of nitrogens with zero attached hydrogens (tertiary/aromatic N) is 4. The first-order valence-corrected chi connectivity index (χ1v) is 25.7. The number of benzene rings is 3. The number of aliphatic hydroxyl groups is 1. The highest BCUT2D eigenvalue weighted by atomic mass is 32.1. The number of hydrogen-bond donors (Lipinski definition) is 2. The van der Waals surface area contributed by atoms with Crippen LogP contribution in [-0.2, 0) is 38.6 Å². The number of likely N-dealkylation sites (tertiary alicyclic amines) is 1. The predicted octanol–water partition coefficient (Wildman–Crippen LogP) is 10.3. The van der Waals surface area contributed by atoms with Gasteiger partial charge in [-0.2, -0.15) is 0 Å². The Balaban J connectivity index is 0.821. The Morgan fingerprint density at radius 3 is 2.36 bits per heavy atom. The van der Waals surface area contributed by atoms with Crippen LogP contribution in [0.5, 0.6) is 5.75 Å². The van der Waals surface area contributed by atoms with Gasteiger partial charge in [0.05, 0.1) is 46.6 Å². The van der Waals surface area contributed by atoms with Crippen molar-refractivity contribution in [2.75, 3.05) is 26.3 Å². The maximum absolute atomic E-state index is 16.2. The van der Waals surface area contributed by atoms with Crippen molar-refractivity contribution in [1.29, 1.82) is 0 Å². The molecule has 6 atom stereocenters. The Labute approximate surface area is 424 Å². The van der Waals surface area contributed by atoms with Crippen LogP contribution >= 0.6 is 11.3 Å². The third-order valence-corrected chi connectivity index (χ3v) is 15.2. The fourth-order valence-electron chi connectivity index (χ4n) is 10.4. The summed E-state index contributed by atoms with van der Waals surface area (Å²) in [6.07, 6.45) is 2.41. The first-order chi connectivity index (χ1) is 34.1. The lowest BCUT2D eigenvalue weighted by atomic mass is 9.77. The molecular weight excluding hydrogens is 940 g/mol. The van der Waals surface area contributed by atoms with Gasteiger partial charge in [-0.3, -0.25) is 24.3 Å². The number of pyridine rings is 1. The smallest absolute Gasteiger partial charge is 0.243 e. The summed E-state index contributed by atoms with van der Waals surface area (Å²) in [4.78, 5) is 54.4. The van der Waals surface area contributed by atoms with Gasteiger partial charge in [0, 0.05) is 61.8 Å². The van der Waals surface area contributed by atoms with Crippen LogP contribution in [-0.4, -0.2) is 92.6 Å². The lowest BCUT2D eigenvalue weighted by molar-refractivity contribution is -0.147. The Morgan fingerprint density at radius 1 is 0.986 bits per heavy atom. The van der Waals surface area contributed by atoms with E-state index in [0.717, 1.165) is 49.5 Å². The molecule has 8 rings (SSSR count). The van der Waals surface area contributed by atoms with Gasteiger partial charge in [-0.1, -0.05) is 75.4 Å². The molecule has 72 heavy (non-hydrogen) atoms. The minimum Gasteiger partial charge on any atom is -0.487 e. The topological polar surface area (TPSA) is 134 Å². The highest BCUT2D eigenvalue weighted by molar-refractivity contribution is 7.13. The molecule has 0 bridgehead atoms. The average Bonchev–Trinajstić information content (AvgIpc) is 4.05. The van der Waals surface area contributed by atoms with E-state index in [0.29, 0.717) is 25.0 Å². The fourth-order valence-corrected chi connectivity index (χ4v) is 11.2. The van der Waals surface area contributed by atoms with Crippen molar-refractivity contribution in [2.45, 2.75) is 130 Å². The van der Waals surface area contributed by atoms with E-state index in [1.807, 2.05) is 107 Å². The van der Waals surface area contributed by atoms with Crippen LogP contribution in [0.15, 0.2) is 90.1 Å². The van der Waals surface area contributed by atoms with Gasteiger partial charge in [0.1, 0.15) is 42.3 Å². The van der Waals surface area contributed by atoms with Crippen molar-refractivity contribution in [3.8, 4) is 16.2 Å². The number of carbonyl (C=O) groups excluding carboxylic acids is 3. The number of halogens is 3. The number of aryl methyl sites for hydroxylation is 1. The summed E-state index contributed by atoms with van der Waals surface area (Å²) >= 11 is 1.57. The second-order valence-electron chi connectivity index (χ2n) is 21.4. The van der Waals surface area contributed by atoms with Crippen molar-refractivity contribution in [3.05, 3.63) is 141 Å². The molecule has 2 amide bonds. The summed E-state index contributed by atoms with van der Waals surface area (Å²) in [7, 11) is 0. The van der Waals surface area contributed by atoms with E-state index >= 15 is 13.2 Å². The van der Waals surface area contributed by atoms with Crippen LogP contribution in [0.25, 0.3) is 16.0 Å². The minimum atomic E-state index is -1.59. The molecule has 0 spiro atoms. The number of carbonyl (C=O) groups is 3. The number of ketones is 1. The number of hydrogen-bond acceptors (Lipinski definition) is 10. The van der Waals surface area contributed by atoms with E-state index in [1.54, 1.807) is 23.6 Å². The summed E-state index contributed by atoms with van der Waals surface area (Å²) in [5, 5.41) is 13.7. The van der Waals surface area contributed by atoms with Gasteiger partial charge in [-0.05, 0) is 104 Å². The molecule has 11 nitrogen and oxygen atoms in total. The van der Waals surface area contributed by atoms with Crippen molar-refractivity contribution in [2.24, 2.45) is 11.3 Å². The number of fused-ring (bicyclic) bond motifs is 2. The molecule has 0 unspecified atom stereocenters. The van der Waals surface area contributed by atoms with Gasteiger partial charge in [-0.25, -0.2) is 18.2 Å². The maximum Gasteiger partial charge on any atom is 0.243 e. The maximum atomic E-state index is 16.2. The molecule has 1 saturated heterocycles. The standard InChI is InChI=1S/C57H66F3N5O6S/c1-33-21-45-44-12-10-9-11-39(44)22-46(45)52(65(33)31-57(7,8)60)51-48(58)25-43(26-49(51)59)71-29-40-18-13-36(27-61-40)19-20-70-30-42(67)23-47(56(4,5)6)55(69)64-28-41(66)24-50(64)54(68)63-34(2)37-14-16-38(17-15-37)53-35(3)62-32-72-53/h9-18,25-27,32-34,41,47,50,52,66H,19-24,28-31H2,1-8H3,(H,63,68)/t33-,34+,41-,47-,50+,52+/m1/s1. The molecule has 0 saturated carbocycles. The number of Topliss-reactive ketones (excluding diaryl/α,β-unsaturated/α-hetero) is 1. The third-order valence-electron chi connectivity index (χ3n) is 14.2. The lowest BCUT2D eigenvalue weighted by Gasteiger charge is -2.44. The number of ether oxygens (including phenoxy) is 2. The number of aromatic nitrogens is 2. The first kappa shape index (κ1) is 52.6. The second kappa shape index (κ2) is 21.8. The summed E-state index contributed by atoms with van der Waals surface area (Å²) in [5.41, 5.74) is 7.89. The van der Waals surface area contributed by atoms with E-state index in [1.165, 1.54) is 30.9 Å². The Kier molecular flexibility index (Phi) is 15.9. The summed E-state index contributed by atoms with van der Waals surface area (Å²) in [6.45, 7) is 14.4. The van der Waals surface area contributed by atoms with E-state index in [9.17, 15) is 19.5 Å². The fraction of sp³-hybridized carbons (Fsp3) is 0.456. The van der Waals surface area contributed by atoms with E-state index in [4.69, 9.17) is 9.47 Å². The largest absolute Gasteiger partial charge is 0.487 e. The predicted molar refractivity (Wildman–Crippen MR) is 273 cm³/mol. The van der Waals surface area contributed by atoms with Gasteiger partial charge in [0.25, 0.3) is 0 Å². The van der Waals surface area contributed by atoms with Crippen LogP contribution in [0, 0.1) is 29.9 Å². The highest BCUT2D eigenvalue weighted by Gasteiger charge is 2.46. The molecule has 2 aliphatic heterocycles. The molecule has 382 valence electrons. The number of aliphatic hydroxyl groups excluding tert-OH is 1. The zero-order valence-electron chi connectivity index (χ0n) is 42.4. The van der Waals surface area contributed by atoms with Crippen molar-refractivity contribution in [3.63, 3.8) is 0 Å². The molecule has 3 aliphatic rings. The number of thiazole rings is 1. The SMILES string of the molecule is Cc1ncsc1-c1ccc([C@H](C)NC(=O)[C@@H]2C[C@@H](O)CN2C(=O)[C@@H](CC(=O)COCCc2ccc(COc3cc(F)c([C@@H]4C5=C(C[C@@H](C)N4CC(C)(C)F)c4ccccc4C5)c(F)c3)nc2)C(C)(C)C)cc1. The first-order valence-electron chi connectivity index (χ1n) is 24.8. The Morgan fingerprint density at radius 2 is 1.71 bits per heavy atom. The molecule has 15 heteroatoms. The normalized spacial score (nSPS) is 20.0. The summed E-state index contributed by atoms with van der Waals surface area (Å²) in [6, 6.07) is 19.7. The quantitative estimate of drug-likeness (QED) is 0.0823. The zero-order valence-corrected chi connectivity index (χ0v) is 43.3. The van der Waals surface area contributed by atoms with Crippen LogP contribution in [0.4, 0.5) is 13.2 Å². The van der Waals surface area contributed by atoms with E-state index in [-0.39, 0.29) is 86.7 Å². The number of amides is 2. The molecule has 0 radical (unpaired) electrons. The van der Waals surface area contributed by atoms with Gasteiger partial charge in [0.2, 0.25) is 11.8 Å². The van der Waals surface area contributed by atoms with Crippen molar-refractivity contribution >= 4 is 34.5 Å². The van der Waals surface area contributed by atoms with Gasteiger partial charge in [0.15, 0.2) is 5.78 Å². The van der Waals surface area contributed by atoms with Crippen LogP contribution < -0.4 is 10.1 Å². The molecule has 3 aromatic carbocycles. The van der Waals surface area contributed by atoms with Crippen LogP contribution in [0.2, 0.25) is 0 Å². The second-order valence-corrected chi connectivity index (χ2v) is 22.3. The molecular formula is C57H66F3N5O6S. The van der Waals surface area contributed by atoms with E-state index in [2.05, 4.69) is 15.3 Å². The highest BCUT2D eigenvalue weighted by Crippen LogP contribution is 2.50. The number of alkyl halides is 1. The minimum absolute atomic E-state index is 0.00688. The van der Waals surface area contributed by atoms with Crippen molar-refractivity contribution < 1.29 is 42.1 Å². The average molecular weight is 1010 g/mol. The molecule has 5 aromatic rings. The zero-order chi connectivity index (χ0) is 51.6. The van der Waals surface area contributed by atoms with Gasteiger partial charge in [-0.15, -0.1) is 11.3 Å². The Bertz CT molecular complexity index is 2780. The number of nitrogens with one attached hydrogen (secondary N) is 1. The van der Waals surface area contributed by atoms with Crippen LogP contribution in [0.3, 0.4) is 0 Å². The lowest BCUT2D eigenvalue weighted by Crippen LogP contribution is -2.50. The number of rotatable bonds is 18. The number of β-amino-alcohol motifs (C(OH)–C–C–N with tert-alkyl or cyclic N) is 1. The monoisotopic (exact) mass is 1010 g/mol. The summed E-state index contributed by atoms with van der Waals surface area (Å²) in [5.74, 6) is -3.27. The molecule has 1 aliphatic carbocycles.